The summed E-state index contributed by atoms with van der Waals surface area (Å²) in [7, 11) is 0. The van der Waals surface area contributed by atoms with Crippen molar-refractivity contribution in [1.29, 1.82) is 0 Å². The van der Waals surface area contributed by atoms with Crippen LogP contribution < -0.4 is 14.8 Å². The molecular formula is C22H21NO4. The van der Waals surface area contributed by atoms with E-state index in [-0.39, 0.29) is 11.7 Å². The maximum atomic E-state index is 11.4. The lowest BCUT2D eigenvalue weighted by molar-refractivity contribution is -0.114. The Bertz CT molecular complexity index is 892. The van der Waals surface area contributed by atoms with Crippen molar-refractivity contribution in [1.82, 2.24) is 0 Å². The number of nitrogens with one attached hydrogen (secondary N) is 1. The number of ether oxygens (including phenoxy) is 2. The highest BCUT2D eigenvalue weighted by Gasteiger charge is 2.11. The maximum absolute atomic E-state index is 11.4. The fraction of sp³-hybridized carbons (Fsp3) is 0.136. The second kappa shape index (κ2) is 8.76. The van der Waals surface area contributed by atoms with Gasteiger partial charge in [0.15, 0.2) is 0 Å². The van der Waals surface area contributed by atoms with Gasteiger partial charge in [0.05, 0.1) is 5.69 Å². The zero-order valence-electron chi connectivity index (χ0n) is 15.0. The van der Waals surface area contributed by atoms with E-state index < -0.39 is 0 Å². The number of phenolic OH excluding ortho intramolecular Hbond substituents is 1. The largest absolute Gasteiger partial charge is 0.507 e. The van der Waals surface area contributed by atoms with E-state index in [2.05, 4.69) is 5.32 Å². The summed E-state index contributed by atoms with van der Waals surface area (Å²) in [5.74, 6) is 1.42. The van der Waals surface area contributed by atoms with E-state index >= 15 is 0 Å². The quantitative estimate of drug-likeness (QED) is 0.608. The minimum atomic E-state index is -0.194. The first-order chi connectivity index (χ1) is 13.1. The van der Waals surface area contributed by atoms with Crippen LogP contribution in [0.2, 0.25) is 0 Å². The normalized spacial score (nSPS) is 10.3. The van der Waals surface area contributed by atoms with Crippen LogP contribution in [0.3, 0.4) is 0 Å². The van der Waals surface area contributed by atoms with Crippen LogP contribution >= 0.6 is 0 Å². The fourth-order valence-corrected chi connectivity index (χ4v) is 2.69. The predicted octanol–water partition coefficient (Wildman–Crippen LogP) is 4.48. The Hall–Kier alpha value is -3.47. The number of anilines is 1. The Morgan fingerprint density at radius 2 is 1.48 bits per heavy atom. The highest BCUT2D eigenvalue weighted by Crippen LogP contribution is 2.36. The molecule has 0 saturated heterocycles. The van der Waals surface area contributed by atoms with E-state index in [1.165, 1.54) is 6.92 Å². The molecule has 5 heteroatoms. The van der Waals surface area contributed by atoms with Gasteiger partial charge in [0, 0.05) is 12.5 Å². The Balaban J connectivity index is 1.63. The van der Waals surface area contributed by atoms with Gasteiger partial charge in [-0.2, -0.15) is 0 Å². The van der Waals surface area contributed by atoms with Crippen molar-refractivity contribution in [2.45, 2.75) is 6.92 Å². The molecule has 0 aromatic heterocycles. The van der Waals surface area contributed by atoms with Crippen LogP contribution in [0.25, 0.3) is 11.1 Å². The summed E-state index contributed by atoms with van der Waals surface area (Å²) in [6, 6.07) is 21.9. The van der Waals surface area contributed by atoms with Crippen molar-refractivity contribution >= 4 is 11.6 Å². The van der Waals surface area contributed by atoms with Crippen molar-refractivity contribution in [3.05, 3.63) is 72.8 Å². The number of carbonyl (C=O) groups is 1. The van der Waals surface area contributed by atoms with Gasteiger partial charge in [-0.25, -0.2) is 0 Å². The predicted molar refractivity (Wildman–Crippen MR) is 105 cm³/mol. The Labute approximate surface area is 158 Å². The summed E-state index contributed by atoms with van der Waals surface area (Å²) in [5.41, 5.74) is 1.92. The van der Waals surface area contributed by atoms with Crippen molar-refractivity contribution in [2.75, 3.05) is 18.5 Å². The number of hydrogen-bond donors (Lipinski definition) is 2. The van der Waals surface area contributed by atoms with Gasteiger partial charge in [0.1, 0.15) is 30.5 Å². The molecular weight excluding hydrogens is 342 g/mol. The number of benzene rings is 3. The molecule has 3 aromatic carbocycles. The molecule has 0 unspecified atom stereocenters. The van der Waals surface area contributed by atoms with Crippen LogP contribution in [0.1, 0.15) is 6.92 Å². The molecule has 138 valence electrons. The van der Waals surface area contributed by atoms with Crippen molar-refractivity contribution in [3.63, 3.8) is 0 Å². The average Bonchev–Trinajstić information content (AvgIpc) is 2.67. The molecule has 0 fully saturated rings. The minimum absolute atomic E-state index is 0.103. The molecule has 5 nitrogen and oxygen atoms in total. The number of para-hydroxylation sites is 1. The van der Waals surface area contributed by atoms with Crippen molar-refractivity contribution < 1.29 is 19.4 Å². The summed E-state index contributed by atoms with van der Waals surface area (Å²) in [6.45, 7) is 2.29. The smallest absolute Gasteiger partial charge is 0.221 e. The van der Waals surface area contributed by atoms with Crippen LogP contribution in [-0.2, 0) is 4.79 Å². The molecule has 0 spiro atoms. The lowest BCUT2D eigenvalue weighted by atomic mass is 10.0. The third-order valence-electron chi connectivity index (χ3n) is 3.86. The van der Waals surface area contributed by atoms with E-state index in [1.54, 1.807) is 18.2 Å². The molecule has 0 aliphatic carbocycles. The molecule has 1 amide bonds. The third kappa shape index (κ3) is 5.01. The summed E-state index contributed by atoms with van der Waals surface area (Å²) in [6.07, 6.45) is 0. The van der Waals surface area contributed by atoms with Gasteiger partial charge in [-0.05, 0) is 42.0 Å². The maximum Gasteiger partial charge on any atom is 0.221 e. The molecule has 0 heterocycles. The van der Waals surface area contributed by atoms with Gasteiger partial charge in [0.25, 0.3) is 0 Å². The van der Waals surface area contributed by atoms with Crippen LogP contribution in [0, 0.1) is 0 Å². The summed E-state index contributed by atoms with van der Waals surface area (Å²) >= 11 is 0. The van der Waals surface area contributed by atoms with Gasteiger partial charge in [-0.1, -0.05) is 36.4 Å². The minimum Gasteiger partial charge on any atom is -0.507 e. The van der Waals surface area contributed by atoms with E-state index in [9.17, 15) is 9.90 Å². The number of amides is 1. The van der Waals surface area contributed by atoms with Gasteiger partial charge < -0.3 is 19.9 Å². The van der Waals surface area contributed by atoms with Gasteiger partial charge in [0.2, 0.25) is 5.91 Å². The zero-order chi connectivity index (χ0) is 19.1. The second-order valence-electron chi connectivity index (χ2n) is 5.92. The number of aromatic hydroxyl groups is 1. The Morgan fingerprint density at radius 3 is 2.11 bits per heavy atom. The molecule has 0 aliphatic rings. The number of rotatable bonds is 7. The number of carbonyl (C=O) groups excluding carboxylic acids is 1. The van der Waals surface area contributed by atoms with Gasteiger partial charge in [-0.15, -0.1) is 0 Å². The molecule has 0 saturated carbocycles. The average molecular weight is 363 g/mol. The molecule has 3 aromatic rings. The van der Waals surface area contributed by atoms with Crippen LogP contribution in [0.4, 0.5) is 5.69 Å². The van der Waals surface area contributed by atoms with Crippen LogP contribution in [0.15, 0.2) is 72.8 Å². The zero-order valence-corrected chi connectivity index (χ0v) is 15.0. The van der Waals surface area contributed by atoms with E-state index in [1.807, 2.05) is 54.6 Å². The highest BCUT2D eigenvalue weighted by molar-refractivity contribution is 5.95. The Kier molecular flexibility index (Phi) is 5.94. The van der Waals surface area contributed by atoms with Crippen molar-refractivity contribution in [2.24, 2.45) is 0 Å². The van der Waals surface area contributed by atoms with Gasteiger partial charge >= 0.3 is 0 Å². The monoisotopic (exact) mass is 363 g/mol. The van der Waals surface area contributed by atoms with Crippen molar-refractivity contribution in [3.8, 4) is 28.4 Å². The van der Waals surface area contributed by atoms with Gasteiger partial charge in [-0.3, -0.25) is 4.79 Å². The lowest BCUT2D eigenvalue weighted by Gasteiger charge is -2.13. The summed E-state index contributed by atoms with van der Waals surface area (Å²) in [5, 5.41) is 12.9. The Morgan fingerprint density at radius 1 is 0.852 bits per heavy atom. The SMILES string of the molecule is CC(=O)Nc1cccc(O)c1-c1ccc(OCCOc2ccccc2)cc1. The van der Waals surface area contributed by atoms with Crippen LogP contribution in [0.5, 0.6) is 17.2 Å². The van der Waals surface area contributed by atoms with E-state index in [0.717, 1.165) is 11.3 Å². The highest BCUT2D eigenvalue weighted by atomic mass is 16.5. The topological polar surface area (TPSA) is 67.8 Å². The molecule has 27 heavy (non-hydrogen) atoms. The first kappa shape index (κ1) is 18.3. The fourth-order valence-electron chi connectivity index (χ4n) is 2.69. The van der Waals surface area contributed by atoms with E-state index in [0.29, 0.717) is 30.2 Å². The number of phenols is 1. The molecule has 3 rings (SSSR count). The molecule has 0 bridgehead atoms. The third-order valence-corrected chi connectivity index (χ3v) is 3.86. The summed E-state index contributed by atoms with van der Waals surface area (Å²) in [4.78, 5) is 11.4. The standard InChI is InChI=1S/C22H21NO4/c1-16(24)23-20-8-5-9-21(25)22(20)17-10-12-19(13-11-17)27-15-14-26-18-6-3-2-4-7-18/h2-13,25H,14-15H2,1H3,(H,23,24). The molecule has 0 radical (unpaired) electrons. The van der Waals surface area contributed by atoms with Crippen LogP contribution in [-0.4, -0.2) is 24.2 Å². The number of hydrogen-bond acceptors (Lipinski definition) is 4. The summed E-state index contributed by atoms with van der Waals surface area (Å²) < 4.78 is 11.3. The first-order valence-corrected chi connectivity index (χ1v) is 8.64. The molecule has 0 atom stereocenters. The first-order valence-electron chi connectivity index (χ1n) is 8.64. The molecule has 0 aliphatic heterocycles. The second-order valence-corrected chi connectivity index (χ2v) is 5.92. The van der Waals surface area contributed by atoms with E-state index in [4.69, 9.17) is 9.47 Å². The lowest BCUT2D eigenvalue weighted by Crippen LogP contribution is -2.09. The molecule has 2 N–H and O–H groups in total.